The van der Waals surface area contributed by atoms with E-state index in [4.69, 9.17) is 0 Å². The second kappa shape index (κ2) is 5.22. The lowest BCUT2D eigenvalue weighted by Gasteiger charge is -2.07. The summed E-state index contributed by atoms with van der Waals surface area (Å²) in [6, 6.07) is 19.5. The first kappa shape index (κ1) is 13.1. The van der Waals surface area contributed by atoms with Gasteiger partial charge in [0.25, 0.3) is 0 Å². The number of carbonyl (C=O) groups excluding carboxylic acids is 1. The lowest BCUT2D eigenvalue weighted by Crippen LogP contribution is -2.02. The van der Waals surface area contributed by atoms with Crippen LogP contribution in [0, 0.1) is 6.92 Å². The van der Waals surface area contributed by atoms with Gasteiger partial charge in [-0.15, -0.1) is 0 Å². The van der Waals surface area contributed by atoms with Gasteiger partial charge >= 0.3 is 0 Å². The van der Waals surface area contributed by atoms with Crippen LogP contribution in [-0.4, -0.2) is 5.78 Å². The molecule has 1 nitrogen and oxygen atoms in total. The minimum absolute atomic E-state index is 0.0670. The molecule has 98 valence electrons. The molecular formula is C18H13BrO. The number of aryl methyl sites for hydroxylation is 1. The smallest absolute Gasteiger partial charge is 0.193 e. The summed E-state index contributed by atoms with van der Waals surface area (Å²) in [7, 11) is 0. The summed E-state index contributed by atoms with van der Waals surface area (Å²) >= 11 is 3.46. The molecule has 3 aromatic carbocycles. The third-order valence-electron chi connectivity index (χ3n) is 3.45. The summed E-state index contributed by atoms with van der Waals surface area (Å²) in [4.78, 5) is 12.7. The third-order valence-corrected chi connectivity index (χ3v) is 4.34. The summed E-state index contributed by atoms with van der Waals surface area (Å²) in [5.41, 5.74) is 2.54. The first-order valence-corrected chi connectivity index (χ1v) is 7.25. The Morgan fingerprint density at radius 2 is 1.70 bits per heavy atom. The average molecular weight is 325 g/mol. The molecule has 0 N–H and O–H groups in total. The molecule has 20 heavy (non-hydrogen) atoms. The first-order chi connectivity index (χ1) is 9.66. The maximum absolute atomic E-state index is 12.7. The fourth-order valence-corrected chi connectivity index (χ4v) is 2.61. The fraction of sp³-hybridized carbons (Fsp3) is 0.0556. The molecule has 3 aromatic rings. The lowest BCUT2D eigenvalue weighted by molar-refractivity contribution is 0.104. The van der Waals surface area contributed by atoms with Crippen LogP contribution in [0.4, 0.5) is 0 Å². The number of ketones is 1. The van der Waals surface area contributed by atoms with Crippen LogP contribution in [0.3, 0.4) is 0 Å². The fourth-order valence-electron chi connectivity index (χ4n) is 2.36. The third kappa shape index (κ3) is 2.27. The van der Waals surface area contributed by atoms with Crippen molar-refractivity contribution in [3.05, 3.63) is 81.8 Å². The van der Waals surface area contributed by atoms with E-state index in [1.54, 1.807) is 0 Å². The van der Waals surface area contributed by atoms with Gasteiger partial charge in [-0.1, -0.05) is 58.4 Å². The zero-order chi connectivity index (χ0) is 14.1. The van der Waals surface area contributed by atoms with Gasteiger partial charge in [-0.05, 0) is 41.5 Å². The van der Waals surface area contributed by atoms with Gasteiger partial charge in [0.15, 0.2) is 5.78 Å². The largest absolute Gasteiger partial charge is 0.289 e. The number of benzene rings is 3. The van der Waals surface area contributed by atoms with Gasteiger partial charge in [0.1, 0.15) is 0 Å². The molecule has 2 heteroatoms. The van der Waals surface area contributed by atoms with Gasteiger partial charge in [-0.3, -0.25) is 4.79 Å². The summed E-state index contributed by atoms with van der Waals surface area (Å²) in [5, 5.41) is 2.09. The van der Waals surface area contributed by atoms with Crippen molar-refractivity contribution in [1.29, 1.82) is 0 Å². The molecular weight excluding hydrogens is 312 g/mol. The van der Waals surface area contributed by atoms with Crippen LogP contribution >= 0.6 is 15.9 Å². The monoisotopic (exact) mass is 324 g/mol. The van der Waals surface area contributed by atoms with Gasteiger partial charge in [0, 0.05) is 15.6 Å². The molecule has 0 spiro atoms. The molecule has 0 atom stereocenters. The average Bonchev–Trinajstić information content (AvgIpc) is 2.49. The van der Waals surface area contributed by atoms with Crippen LogP contribution in [0.1, 0.15) is 21.5 Å². The lowest BCUT2D eigenvalue weighted by atomic mass is 9.96. The van der Waals surface area contributed by atoms with Crippen molar-refractivity contribution < 1.29 is 4.79 Å². The van der Waals surface area contributed by atoms with Crippen LogP contribution < -0.4 is 0 Å². The van der Waals surface area contributed by atoms with E-state index in [0.717, 1.165) is 31.9 Å². The Bertz CT molecular complexity index is 800. The minimum Gasteiger partial charge on any atom is -0.289 e. The summed E-state index contributed by atoms with van der Waals surface area (Å²) in [5.74, 6) is 0.0670. The number of carbonyl (C=O) groups is 1. The first-order valence-electron chi connectivity index (χ1n) is 6.45. The molecule has 0 radical (unpaired) electrons. The van der Waals surface area contributed by atoms with Gasteiger partial charge in [-0.25, -0.2) is 0 Å². The summed E-state index contributed by atoms with van der Waals surface area (Å²) in [6.07, 6.45) is 0. The van der Waals surface area contributed by atoms with E-state index in [1.807, 2.05) is 67.6 Å². The van der Waals surface area contributed by atoms with Crippen LogP contribution in [-0.2, 0) is 0 Å². The molecule has 0 heterocycles. The highest BCUT2D eigenvalue weighted by atomic mass is 79.9. The zero-order valence-electron chi connectivity index (χ0n) is 11.1. The Morgan fingerprint density at radius 3 is 2.50 bits per heavy atom. The van der Waals surface area contributed by atoms with Gasteiger partial charge < -0.3 is 0 Å². The van der Waals surface area contributed by atoms with Crippen molar-refractivity contribution in [2.24, 2.45) is 0 Å². The number of hydrogen-bond acceptors (Lipinski definition) is 1. The molecule has 0 saturated heterocycles. The Morgan fingerprint density at radius 1 is 0.950 bits per heavy atom. The zero-order valence-corrected chi connectivity index (χ0v) is 12.6. The van der Waals surface area contributed by atoms with Crippen LogP contribution in [0.25, 0.3) is 10.8 Å². The topological polar surface area (TPSA) is 17.1 Å². The maximum Gasteiger partial charge on any atom is 0.193 e. The Labute approximate surface area is 126 Å². The summed E-state index contributed by atoms with van der Waals surface area (Å²) < 4.78 is 1.02. The molecule has 0 aliphatic carbocycles. The quantitative estimate of drug-likeness (QED) is 0.596. The number of fused-ring (bicyclic) bond motifs is 1. The van der Waals surface area contributed by atoms with Crippen molar-refractivity contribution in [2.75, 3.05) is 0 Å². The molecule has 3 rings (SSSR count). The Kier molecular flexibility index (Phi) is 3.41. The number of rotatable bonds is 2. The highest BCUT2D eigenvalue weighted by Crippen LogP contribution is 2.23. The highest BCUT2D eigenvalue weighted by Gasteiger charge is 2.12. The molecule has 0 aliphatic heterocycles. The van der Waals surface area contributed by atoms with Crippen molar-refractivity contribution in [2.45, 2.75) is 6.92 Å². The van der Waals surface area contributed by atoms with Gasteiger partial charge in [-0.2, -0.15) is 0 Å². The molecule has 0 aliphatic rings. The van der Waals surface area contributed by atoms with Crippen molar-refractivity contribution in [3.63, 3.8) is 0 Å². The molecule has 0 saturated carbocycles. The molecule has 0 amide bonds. The van der Waals surface area contributed by atoms with E-state index in [2.05, 4.69) is 15.9 Å². The van der Waals surface area contributed by atoms with E-state index in [1.165, 1.54) is 0 Å². The SMILES string of the molecule is Cc1cc(C(=O)c2cccc3ccccc23)ccc1Br. The Balaban J connectivity index is 2.15. The van der Waals surface area contributed by atoms with E-state index in [-0.39, 0.29) is 5.78 Å². The molecule has 0 unspecified atom stereocenters. The van der Waals surface area contributed by atoms with Crippen molar-refractivity contribution in [3.8, 4) is 0 Å². The second-order valence-electron chi connectivity index (χ2n) is 4.82. The minimum atomic E-state index is 0.0670. The molecule has 0 bridgehead atoms. The van der Waals surface area contributed by atoms with E-state index in [9.17, 15) is 4.79 Å². The number of hydrogen-bond donors (Lipinski definition) is 0. The van der Waals surface area contributed by atoms with Gasteiger partial charge in [0.2, 0.25) is 0 Å². The van der Waals surface area contributed by atoms with E-state index in [0.29, 0.717) is 0 Å². The number of halogens is 1. The van der Waals surface area contributed by atoms with Crippen molar-refractivity contribution >= 4 is 32.5 Å². The molecule has 0 aromatic heterocycles. The molecule has 0 fully saturated rings. The maximum atomic E-state index is 12.7. The van der Waals surface area contributed by atoms with Gasteiger partial charge in [0.05, 0.1) is 0 Å². The van der Waals surface area contributed by atoms with E-state index >= 15 is 0 Å². The van der Waals surface area contributed by atoms with Crippen LogP contribution in [0.2, 0.25) is 0 Å². The van der Waals surface area contributed by atoms with Crippen LogP contribution in [0.5, 0.6) is 0 Å². The standard InChI is InChI=1S/C18H13BrO/c1-12-11-14(9-10-17(12)19)18(20)16-8-4-6-13-5-2-3-7-15(13)16/h2-11H,1H3. The van der Waals surface area contributed by atoms with Crippen LogP contribution in [0.15, 0.2) is 65.1 Å². The second-order valence-corrected chi connectivity index (χ2v) is 5.67. The normalized spacial score (nSPS) is 10.7. The Hall–Kier alpha value is -1.93. The van der Waals surface area contributed by atoms with Crippen molar-refractivity contribution in [1.82, 2.24) is 0 Å². The predicted molar refractivity (Wildman–Crippen MR) is 86.3 cm³/mol. The summed E-state index contributed by atoms with van der Waals surface area (Å²) in [6.45, 7) is 1.99. The van der Waals surface area contributed by atoms with E-state index < -0.39 is 0 Å². The predicted octanol–water partition coefficient (Wildman–Crippen LogP) is 5.14. The highest BCUT2D eigenvalue weighted by molar-refractivity contribution is 9.10.